The third-order valence-electron chi connectivity index (χ3n) is 3.63. The highest BCUT2D eigenvalue weighted by atomic mass is 14.1. The Balaban J connectivity index is 2.03. The molecule has 1 aliphatic rings. The maximum Gasteiger partial charge on any atom is -0.00928 e. The Morgan fingerprint density at radius 3 is 1.78 bits per heavy atom. The van der Waals surface area contributed by atoms with Crippen LogP contribution in [0.4, 0.5) is 0 Å². The summed E-state index contributed by atoms with van der Waals surface area (Å²) in [4.78, 5) is 0. The lowest BCUT2D eigenvalue weighted by atomic mass is 9.97. The Kier molecular flexibility index (Phi) is 1.92. The first-order valence-electron chi connectivity index (χ1n) is 6.23. The molecule has 0 nitrogen and oxygen atoms in total. The van der Waals surface area contributed by atoms with E-state index in [1.54, 1.807) is 0 Å². The maximum absolute atomic E-state index is 2.30. The van der Waals surface area contributed by atoms with Crippen molar-refractivity contribution >= 4 is 0 Å². The first kappa shape index (κ1) is 9.67. The number of fused-ring (bicyclic) bond motifs is 2. The Labute approximate surface area is 105 Å². The first-order valence-corrected chi connectivity index (χ1v) is 6.23. The van der Waals surface area contributed by atoms with E-state index in [9.17, 15) is 0 Å². The zero-order valence-corrected chi connectivity index (χ0v) is 9.93. The molecule has 0 heteroatoms. The lowest BCUT2D eigenvalue weighted by Gasteiger charge is -2.07. The third kappa shape index (κ3) is 1.26. The molecular weight excluding hydrogens is 216 g/mol. The van der Waals surface area contributed by atoms with E-state index in [0.717, 1.165) is 0 Å². The zero-order chi connectivity index (χ0) is 11.9. The van der Waals surface area contributed by atoms with Gasteiger partial charge in [-0.1, -0.05) is 66.7 Å². The van der Waals surface area contributed by atoms with Crippen LogP contribution in [-0.2, 0) is 0 Å². The van der Waals surface area contributed by atoms with Gasteiger partial charge in [0, 0.05) is 0 Å². The fourth-order valence-corrected chi connectivity index (χ4v) is 2.70. The summed E-state index contributed by atoms with van der Waals surface area (Å²) < 4.78 is 0. The average molecular weight is 228 g/mol. The average Bonchev–Trinajstić information content (AvgIpc) is 2.45. The zero-order valence-electron chi connectivity index (χ0n) is 9.93. The monoisotopic (exact) mass is 228 g/mol. The van der Waals surface area contributed by atoms with Crippen LogP contribution in [0.25, 0.3) is 11.1 Å². The lowest BCUT2D eigenvalue weighted by Crippen LogP contribution is -1.91. The topological polar surface area (TPSA) is 0 Å². The van der Waals surface area contributed by atoms with Gasteiger partial charge in [0.2, 0.25) is 0 Å². The van der Waals surface area contributed by atoms with E-state index in [1.165, 1.54) is 32.0 Å². The summed E-state index contributed by atoms with van der Waals surface area (Å²) in [5, 5.41) is 5.52. The van der Waals surface area contributed by atoms with Crippen LogP contribution in [0.1, 0.15) is 0 Å². The van der Waals surface area contributed by atoms with Crippen LogP contribution >= 0.6 is 0 Å². The van der Waals surface area contributed by atoms with Crippen LogP contribution in [0.2, 0.25) is 0 Å². The predicted octanol–water partition coefficient (Wildman–Crippen LogP) is 4.24. The molecule has 3 aromatic carbocycles. The second-order valence-electron chi connectivity index (χ2n) is 4.67. The minimum Gasteiger partial charge on any atom is -0.0622 e. The van der Waals surface area contributed by atoms with Crippen molar-refractivity contribution in [3.8, 4) is 11.1 Å². The van der Waals surface area contributed by atoms with Gasteiger partial charge in [-0.3, -0.25) is 0 Å². The van der Waals surface area contributed by atoms with Crippen LogP contribution in [0.15, 0.2) is 72.8 Å². The molecule has 0 atom stereocenters. The summed E-state index contributed by atoms with van der Waals surface area (Å²) in [7, 11) is 0. The van der Waals surface area contributed by atoms with Gasteiger partial charge < -0.3 is 0 Å². The Morgan fingerprint density at radius 1 is 0.389 bits per heavy atom. The SMILES string of the molecule is c1ccc(-c2ccc3c(c2)=c2ccccc2=3)cc1. The normalized spacial score (nSPS) is 11.3. The van der Waals surface area contributed by atoms with E-state index < -0.39 is 0 Å². The van der Waals surface area contributed by atoms with E-state index >= 15 is 0 Å². The predicted molar refractivity (Wildman–Crippen MR) is 73.7 cm³/mol. The summed E-state index contributed by atoms with van der Waals surface area (Å²) in [6.45, 7) is 0. The summed E-state index contributed by atoms with van der Waals surface area (Å²) in [5.74, 6) is 0. The van der Waals surface area contributed by atoms with Crippen molar-refractivity contribution in [3.63, 3.8) is 0 Å². The van der Waals surface area contributed by atoms with Crippen molar-refractivity contribution in [3.05, 3.63) is 93.7 Å². The summed E-state index contributed by atoms with van der Waals surface area (Å²) in [6, 6.07) is 25.9. The fourth-order valence-electron chi connectivity index (χ4n) is 2.70. The van der Waals surface area contributed by atoms with Gasteiger partial charge in [0.05, 0.1) is 0 Å². The minimum atomic E-state index is 1.28. The van der Waals surface area contributed by atoms with Crippen molar-refractivity contribution in [2.45, 2.75) is 0 Å². The number of hydrogen-bond acceptors (Lipinski definition) is 0. The second-order valence-corrected chi connectivity index (χ2v) is 4.67. The summed E-state index contributed by atoms with van der Waals surface area (Å²) in [5.41, 5.74) is 2.58. The minimum absolute atomic E-state index is 1.28. The van der Waals surface area contributed by atoms with E-state index in [-0.39, 0.29) is 0 Å². The first-order chi connectivity index (χ1) is 8.93. The van der Waals surface area contributed by atoms with E-state index in [1.807, 2.05) is 0 Å². The molecule has 0 radical (unpaired) electrons. The van der Waals surface area contributed by atoms with Crippen molar-refractivity contribution in [1.29, 1.82) is 0 Å². The standard InChI is InChI=1S/C18H12/c1-2-6-13(7-3-1)14-10-11-17-15-8-4-5-9-16(15)18(17)12-14/h1-12H. The number of benzene rings is 3. The smallest absolute Gasteiger partial charge is 0.00928 e. The third-order valence-corrected chi connectivity index (χ3v) is 3.63. The van der Waals surface area contributed by atoms with Crippen LogP contribution < -0.4 is 0 Å². The van der Waals surface area contributed by atoms with Gasteiger partial charge in [-0.2, -0.15) is 0 Å². The van der Waals surface area contributed by atoms with Gasteiger partial charge in [-0.05, 0) is 38.1 Å². The molecule has 0 aromatic heterocycles. The fraction of sp³-hybridized carbons (Fsp3) is 0. The van der Waals surface area contributed by atoms with E-state index in [2.05, 4.69) is 72.8 Å². The van der Waals surface area contributed by atoms with Gasteiger partial charge in [0.1, 0.15) is 0 Å². The molecule has 84 valence electrons. The molecule has 0 saturated carbocycles. The summed E-state index contributed by atoms with van der Waals surface area (Å²) >= 11 is 0. The number of hydrogen-bond donors (Lipinski definition) is 0. The highest BCUT2D eigenvalue weighted by Gasteiger charge is 2.03. The molecule has 0 spiro atoms. The molecule has 0 unspecified atom stereocenters. The second kappa shape index (κ2) is 3.58. The van der Waals surface area contributed by atoms with Crippen molar-refractivity contribution in [1.82, 2.24) is 0 Å². The highest BCUT2D eigenvalue weighted by molar-refractivity contribution is 5.63. The van der Waals surface area contributed by atoms with E-state index in [0.29, 0.717) is 0 Å². The van der Waals surface area contributed by atoms with Gasteiger partial charge in [0.25, 0.3) is 0 Å². The molecule has 0 heterocycles. The van der Waals surface area contributed by atoms with Crippen LogP contribution in [-0.4, -0.2) is 0 Å². The number of rotatable bonds is 1. The van der Waals surface area contributed by atoms with Crippen molar-refractivity contribution < 1.29 is 0 Å². The van der Waals surface area contributed by atoms with Gasteiger partial charge in [-0.15, -0.1) is 0 Å². The Hall–Kier alpha value is -2.34. The van der Waals surface area contributed by atoms with E-state index in [4.69, 9.17) is 0 Å². The molecule has 18 heavy (non-hydrogen) atoms. The van der Waals surface area contributed by atoms with Gasteiger partial charge in [-0.25, -0.2) is 0 Å². The molecular formula is C18H12. The molecule has 0 saturated heterocycles. The maximum atomic E-state index is 2.30. The largest absolute Gasteiger partial charge is 0.0622 e. The molecule has 0 amide bonds. The Bertz CT molecular complexity index is 906. The summed E-state index contributed by atoms with van der Waals surface area (Å²) in [6.07, 6.45) is 0. The van der Waals surface area contributed by atoms with Crippen molar-refractivity contribution in [2.24, 2.45) is 0 Å². The molecule has 3 aromatic rings. The van der Waals surface area contributed by atoms with Crippen LogP contribution in [0.3, 0.4) is 0 Å². The van der Waals surface area contributed by atoms with Crippen molar-refractivity contribution in [2.75, 3.05) is 0 Å². The molecule has 0 bridgehead atoms. The lowest BCUT2D eigenvalue weighted by molar-refractivity contribution is 1.29. The molecule has 4 rings (SSSR count). The van der Waals surface area contributed by atoms with Crippen LogP contribution in [0.5, 0.6) is 0 Å². The van der Waals surface area contributed by atoms with Gasteiger partial charge in [0.15, 0.2) is 0 Å². The molecule has 1 aliphatic carbocycles. The molecule has 0 fully saturated rings. The van der Waals surface area contributed by atoms with Gasteiger partial charge >= 0.3 is 0 Å². The molecule has 0 N–H and O–H groups in total. The molecule has 0 aliphatic heterocycles. The van der Waals surface area contributed by atoms with Crippen LogP contribution in [0, 0.1) is 20.9 Å². The quantitative estimate of drug-likeness (QED) is 0.457. The Morgan fingerprint density at radius 2 is 1.00 bits per heavy atom. The highest BCUT2D eigenvalue weighted by Crippen LogP contribution is 2.22.